The van der Waals surface area contributed by atoms with Gasteiger partial charge in [0.1, 0.15) is 6.17 Å². The zero-order valence-corrected chi connectivity index (χ0v) is 37.7. The number of benzene rings is 7. The van der Waals surface area contributed by atoms with Crippen molar-refractivity contribution in [3.05, 3.63) is 276 Å². The second-order valence-corrected chi connectivity index (χ2v) is 16.7. The van der Waals surface area contributed by atoms with E-state index in [-0.39, 0.29) is 11.6 Å². The molecule has 1 N–H and O–H groups in total. The van der Waals surface area contributed by atoms with Gasteiger partial charge in [0, 0.05) is 27.8 Å². The van der Waals surface area contributed by atoms with Crippen LogP contribution in [-0.2, 0) is 11.8 Å². The predicted octanol–water partition coefficient (Wildman–Crippen LogP) is 15.1. The van der Waals surface area contributed by atoms with E-state index in [0.717, 1.165) is 75.4 Å². The van der Waals surface area contributed by atoms with Crippen molar-refractivity contribution in [2.45, 2.75) is 44.7 Å². The molecule has 0 aliphatic carbocycles. The van der Waals surface area contributed by atoms with Crippen LogP contribution in [0.5, 0.6) is 0 Å². The molecule has 1 aromatic heterocycles. The molecule has 0 radical (unpaired) electrons. The van der Waals surface area contributed by atoms with E-state index in [1.165, 1.54) is 27.8 Å². The minimum absolute atomic E-state index is 0.181. The van der Waals surface area contributed by atoms with E-state index in [4.69, 9.17) is 15.0 Å². The van der Waals surface area contributed by atoms with Gasteiger partial charge in [-0.2, -0.15) is 0 Å². The van der Waals surface area contributed by atoms with Crippen LogP contribution in [0.2, 0.25) is 0 Å². The summed E-state index contributed by atoms with van der Waals surface area (Å²) in [5.41, 5.74) is 16.0. The molecule has 8 aromatic rings. The lowest BCUT2D eigenvalue weighted by molar-refractivity contribution is 0.478. The van der Waals surface area contributed by atoms with Gasteiger partial charge in [-0.3, -0.25) is 4.99 Å². The SMILES string of the molecule is C=C/C(=C\C=C/Cc1ccccc1)c1cc(-c2ccc(C(CC)(CC)c3ccc(C4=CC(c5cccc(-c6ccccc6)c5)=NC(c5ccccc5)N4)cc3)cc2)nc(-c2ccccc2)n1. The Balaban J connectivity index is 1.01. The molecule has 0 saturated carbocycles. The van der Waals surface area contributed by atoms with Crippen LogP contribution in [0.3, 0.4) is 0 Å². The molecule has 4 heteroatoms. The van der Waals surface area contributed by atoms with Crippen LogP contribution in [0, 0.1) is 0 Å². The number of hydrogen-bond acceptors (Lipinski definition) is 4. The van der Waals surface area contributed by atoms with Gasteiger partial charge in [0.15, 0.2) is 5.82 Å². The molecule has 66 heavy (non-hydrogen) atoms. The number of nitrogens with one attached hydrogen (secondary N) is 1. The zero-order valence-electron chi connectivity index (χ0n) is 37.7. The average Bonchev–Trinajstić information content (AvgIpc) is 3.40. The van der Waals surface area contributed by atoms with Crippen LogP contribution in [0.15, 0.2) is 242 Å². The van der Waals surface area contributed by atoms with Crippen LogP contribution in [0.4, 0.5) is 0 Å². The minimum atomic E-state index is -0.221. The van der Waals surface area contributed by atoms with Crippen LogP contribution < -0.4 is 5.32 Å². The first kappa shape index (κ1) is 43.3. The molecular weight excluding hydrogens is 801 g/mol. The van der Waals surface area contributed by atoms with Gasteiger partial charge in [-0.25, -0.2) is 9.97 Å². The molecule has 1 unspecified atom stereocenters. The standard InChI is InChI=1S/C62H54N4/c1-4-46(25-20-19-24-45-22-11-7-12-23-45)56-43-57(64-60(63-56)50-28-15-9-16-29-50)48-34-38-54(39-35-48)62(5-2,6-3)55-40-36-49(37-41-55)58-44-59(66-61(65-58)51-30-17-10-18-31-51)53-33-21-32-52(42-53)47-26-13-8-14-27-47/h4,7-23,25-44,61,65H,1,5-6,24H2,2-3H3/b20-19-,46-25+. The van der Waals surface area contributed by atoms with E-state index in [9.17, 15) is 0 Å². The molecule has 2 heterocycles. The molecule has 0 amide bonds. The second-order valence-electron chi connectivity index (χ2n) is 16.7. The van der Waals surface area contributed by atoms with E-state index < -0.39 is 0 Å². The predicted molar refractivity (Wildman–Crippen MR) is 277 cm³/mol. The van der Waals surface area contributed by atoms with Crippen molar-refractivity contribution in [3.8, 4) is 33.8 Å². The number of rotatable bonds is 15. The third kappa shape index (κ3) is 9.60. The largest absolute Gasteiger partial charge is 0.360 e. The van der Waals surface area contributed by atoms with E-state index >= 15 is 0 Å². The van der Waals surface area contributed by atoms with Gasteiger partial charge in [0.05, 0.1) is 17.1 Å². The highest BCUT2D eigenvalue weighted by Crippen LogP contribution is 2.40. The van der Waals surface area contributed by atoms with Crippen molar-refractivity contribution in [1.82, 2.24) is 15.3 Å². The lowest BCUT2D eigenvalue weighted by Gasteiger charge is -2.34. The van der Waals surface area contributed by atoms with Crippen molar-refractivity contribution in [2.24, 2.45) is 4.99 Å². The third-order valence-corrected chi connectivity index (χ3v) is 12.8. The Hall–Kier alpha value is -7.95. The summed E-state index contributed by atoms with van der Waals surface area (Å²) in [7, 11) is 0. The molecule has 0 spiro atoms. The molecular formula is C62H54N4. The van der Waals surface area contributed by atoms with Crippen molar-refractivity contribution >= 4 is 17.0 Å². The number of nitrogens with zero attached hydrogens (tertiary/aromatic N) is 3. The molecule has 1 aliphatic rings. The number of allylic oxidation sites excluding steroid dienone is 6. The Morgan fingerprint density at radius 3 is 1.79 bits per heavy atom. The molecule has 322 valence electrons. The quantitative estimate of drug-likeness (QED) is 0.105. The normalized spacial score (nSPS) is 14.0. The van der Waals surface area contributed by atoms with Gasteiger partial charge in [-0.05, 0) is 82.0 Å². The summed E-state index contributed by atoms with van der Waals surface area (Å²) < 4.78 is 0. The third-order valence-electron chi connectivity index (χ3n) is 12.8. The van der Waals surface area contributed by atoms with Crippen molar-refractivity contribution in [1.29, 1.82) is 0 Å². The summed E-state index contributed by atoms with van der Waals surface area (Å²) in [6.07, 6.45) is 13.0. The summed E-state index contributed by atoms with van der Waals surface area (Å²) in [5, 5.41) is 3.77. The summed E-state index contributed by atoms with van der Waals surface area (Å²) in [4.78, 5) is 15.4. The number of aromatic nitrogens is 2. The second kappa shape index (κ2) is 20.3. The van der Waals surface area contributed by atoms with Crippen LogP contribution in [0.25, 0.3) is 45.0 Å². The first-order valence-corrected chi connectivity index (χ1v) is 23.0. The Labute approximate surface area is 390 Å². The van der Waals surface area contributed by atoms with E-state index in [1.807, 2.05) is 30.3 Å². The van der Waals surface area contributed by atoms with Crippen LogP contribution in [0.1, 0.15) is 71.9 Å². The maximum Gasteiger partial charge on any atom is 0.160 e. The Morgan fingerprint density at radius 1 is 0.576 bits per heavy atom. The monoisotopic (exact) mass is 854 g/mol. The molecule has 1 aliphatic heterocycles. The fourth-order valence-corrected chi connectivity index (χ4v) is 9.01. The van der Waals surface area contributed by atoms with Crippen molar-refractivity contribution in [3.63, 3.8) is 0 Å². The van der Waals surface area contributed by atoms with Crippen LogP contribution >= 0.6 is 0 Å². The van der Waals surface area contributed by atoms with Crippen molar-refractivity contribution in [2.75, 3.05) is 0 Å². The highest BCUT2D eigenvalue weighted by atomic mass is 15.1. The Kier molecular flexibility index (Phi) is 13.3. The molecule has 9 rings (SSSR count). The summed E-state index contributed by atoms with van der Waals surface area (Å²) in [5.74, 6) is 0.682. The van der Waals surface area contributed by atoms with Gasteiger partial charge in [-0.1, -0.05) is 233 Å². The van der Waals surface area contributed by atoms with Crippen LogP contribution in [-0.4, -0.2) is 15.7 Å². The molecule has 0 bridgehead atoms. The number of hydrogen-bond donors (Lipinski definition) is 1. The average molecular weight is 855 g/mol. The fourth-order valence-electron chi connectivity index (χ4n) is 9.01. The van der Waals surface area contributed by atoms with Gasteiger partial charge >= 0.3 is 0 Å². The fraction of sp³-hybridized carbons (Fsp3) is 0.113. The smallest absolute Gasteiger partial charge is 0.160 e. The molecule has 0 saturated heterocycles. The van der Waals surface area contributed by atoms with E-state index in [0.29, 0.717) is 5.82 Å². The van der Waals surface area contributed by atoms with Gasteiger partial charge < -0.3 is 5.32 Å². The number of aliphatic imine (C=N–C) groups is 1. The first-order valence-electron chi connectivity index (χ1n) is 23.0. The van der Waals surface area contributed by atoms with Gasteiger partial charge in [-0.15, -0.1) is 0 Å². The van der Waals surface area contributed by atoms with E-state index in [1.54, 1.807) is 0 Å². The van der Waals surface area contributed by atoms with Gasteiger partial charge in [0.2, 0.25) is 0 Å². The lowest BCUT2D eigenvalue weighted by atomic mass is 9.70. The van der Waals surface area contributed by atoms with E-state index in [2.05, 4.69) is 226 Å². The first-order chi connectivity index (χ1) is 32.5. The zero-order chi connectivity index (χ0) is 45.1. The molecule has 7 aromatic carbocycles. The maximum absolute atomic E-state index is 5.26. The minimum Gasteiger partial charge on any atom is -0.360 e. The molecule has 4 nitrogen and oxygen atoms in total. The Bertz CT molecular complexity index is 3020. The molecule has 0 fully saturated rings. The topological polar surface area (TPSA) is 50.2 Å². The highest BCUT2D eigenvalue weighted by molar-refractivity contribution is 6.13. The lowest BCUT2D eigenvalue weighted by Crippen LogP contribution is -2.27. The highest BCUT2D eigenvalue weighted by Gasteiger charge is 2.31. The summed E-state index contributed by atoms with van der Waals surface area (Å²) in [6.45, 7) is 8.77. The Morgan fingerprint density at radius 2 is 1.15 bits per heavy atom. The van der Waals surface area contributed by atoms with Gasteiger partial charge in [0.25, 0.3) is 0 Å². The summed E-state index contributed by atoms with van der Waals surface area (Å²) >= 11 is 0. The summed E-state index contributed by atoms with van der Waals surface area (Å²) in [6, 6.07) is 70.6. The molecule has 1 atom stereocenters. The van der Waals surface area contributed by atoms with Crippen molar-refractivity contribution < 1.29 is 0 Å². The maximum atomic E-state index is 5.26.